The molecule has 2 atom stereocenters. The second-order valence-electron chi connectivity index (χ2n) is 6.61. The van der Waals surface area contributed by atoms with Crippen LogP contribution in [-0.2, 0) is 4.79 Å². The molecule has 0 radical (unpaired) electrons. The van der Waals surface area contributed by atoms with Gasteiger partial charge in [0.1, 0.15) is 13.2 Å². The third kappa shape index (κ3) is 4.79. The summed E-state index contributed by atoms with van der Waals surface area (Å²) in [4.78, 5) is 12.7. The molecule has 1 heterocycles. The maximum atomic E-state index is 12.7. The standard InChI is InChI=1S/C22H24N2O3/c1-2-19(18-8-9-20-21(14-18)27-13-12-26-20)24-22(25)15-17(10-11-23)16-6-4-3-5-7-16/h3-9,14,17,19H,2,10,12-13,15H2,1H3,(H,24,25)/t17-,19+/m0/s1. The number of carbonyl (C=O) groups is 1. The third-order valence-electron chi connectivity index (χ3n) is 4.75. The van der Waals surface area contributed by atoms with E-state index in [2.05, 4.69) is 11.4 Å². The van der Waals surface area contributed by atoms with E-state index in [0.29, 0.717) is 26.1 Å². The highest BCUT2D eigenvalue weighted by Gasteiger charge is 2.20. The summed E-state index contributed by atoms with van der Waals surface area (Å²) in [6.45, 7) is 3.12. The van der Waals surface area contributed by atoms with Crippen molar-refractivity contribution in [1.29, 1.82) is 5.26 Å². The minimum atomic E-state index is -0.105. The van der Waals surface area contributed by atoms with Crippen LogP contribution in [-0.4, -0.2) is 19.1 Å². The number of amides is 1. The molecular weight excluding hydrogens is 340 g/mol. The van der Waals surface area contributed by atoms with Gasteiger partial charge in [-0.2, -0.15) is 5.26 Å². The van der Waals surface area contributed by atoms with E-state index in [1.807, 2.05) is 55.5 Å². The molecule has 0 aliphatic carbocycles. The number of hydrogen-bond donors (Lipinski definition) is 1. The summed E-state index contributed by atoms with van der Waals surface area (Å²) in [5.74, 6) is 1.30. The first kappa shape index (κ1) is 18.8. The number of rotatable bonds is 7. The van der Waals surface area contributed by atoms with Crippen LogP contribution in [0, 0.1) is 11.3 Å². The summed E-state index contributed by atoms with van der Waals surface area (Å²) in [6.07, 6.45) is 1.37. The van der Waals surface area contributed by atoms with Crippen molar-refractivity contribution in [2.45, 2.75) is 38.1 Å². The molecule has 0 saturated carbocycles. The van der Waals surface area contributed by atoms with E-state index >= 15 is 0 Å². The first-order valence-electron chi connectivity index (χ1n) is 9.32. The number of hydrogen-bond acceptors (Lipinski definition) is 4. The fourth-order valence-corrected chi connectivity index (χ4v) is 3.32. The predicted octanol–water partition coefficient (Wildman–Crippen LogP) is 4.11. The molecule has 0 unspecified atom stereocenters. The van der Waals surface area contributed by atoms with Gasteiger partial charge in [-0.05, 0) is 29.7 Å². The Hall–Kier alpha value is -3.00. The summed E-state index contributed by atoms with van der Waals surface area (Å²) in [6, 6.07) is 17.6. The van der Waals surface area contributed by atoms with Crippen molar-refractivity contribution in [3.63, 3.8) is 0 Å². The van der Waals surface area contributed by atoms with Gasteiger partial charge in [0, 0.05) is 18.8 Å². The molecule has 5 heteroatoms. The number of nitrogens with one attached hydrogen (secondary N) is 1. The highest BCUT2D eigenvalue weighted by atomic mass is 16.6. The lowest BCUT2D eigenvalue weighted by Crippen LogP contribution is -2.29. The van der Waals surface area contributed by atoms with Gasteiger partial charge in [-0.3, -0.25) is 4.79 Å². The molecule has 0 aromatic heterocycles. The lowest BCUT2D eigenvalue weighted by molar-refractivity contribution is -0.122. The van der Waals surface area contributed by atoms with E-state index < -0.39 is 0 Å². The molecule has 5 nitrogen and oxygen atoms in total. The molecule has 1 amide bonds. The second kappa shape index (κ2) is 9.09. The van der Waals surface area contributed by atoms with Crippen molar-refractivity contribution in [1.82, 2.24) is 5.32 Å². The van der Waals surface area contributed by atoms with Gasteiger partial charge in [0.15, 0.2) is 11.5 Å². The number of benzene rings is 2. The topological polar surface area (TPSA) is 71.4 Å². The van der Waals surface area contributed by atoms with E-state index in [1.54, 1.807) is 0 Å². The normalized spacial score (nSPS) is 14.7. The molecule has 140 valence electrons. The summed E-state index contributed by atoms with van der Waals surface area (Å²) in [5.41, 5.74) is 2.01. The largest absolute Gasteiger partial charge is 0.486 e. The van der Waals surface area contributed by atoms with Crippen LogP contribution in [0.3, 0.4) is 0 Å². The zero-order chi connectivity index (χ0) is 19.1. The molecule has 2 aromatic carbocycles. The van der Waals surface area contributed by atoms with Gasteiger partial charge in [-0.1, -0.05) is 43.3 Å². The predicted molar refractivity (Wildman–Crippen MR) is 103 cm³/mol. The molecular formula is C22H24N2O3. The average Bonchev–Trinajstić information content (AvgIpc) is 2.72. The van der Waals surface area contributed by atoms with Crippen molar-refractivity contribution in [2.24, 2.45) is 0 Å². The Balaban J connectivity index is 1.68. The third-order valence-corrected chi connectivity index (χ3v) is 4.75. The maximum Gasteiger partial charge on any atom is 0.221 e. The average molecular weight is 364 g/mol. The smallest absolute Gasteiger partial charge is 0.221 e. The van der Waals surface area contributed by atoms with E-state index in [-0.39, 0.29) is 17.9 Å². The van der Waals surface area contributed by atoms with Gasteiger partial charge in [-0.25, -0.2) is 0 Å². The first-order valence-corrected chi connectivity index (χ1v) is 9.32. The van der Waals surface area contributed by atoms with E-state index in [4.69, 9.17) is 14.7 Å². The summed E-state index contributed by atoms with van der Waals surface area (Å²) < 4.78 is 11.2. The summed E-state index contributed by atoms with van der Waals surface area (Å²) in [7, 11) is 0. The molecule has 0 bridgehead atoms. The molecule has 0 fully saturated rings. The SMILES string of the molecule is CC[C@@H](NC(=O)C[C@H](CC#N)c1ccccc1)c1ccc2c(c1)OCCO2. The van der Waals surface area contributed by atoms with Crippen LogP contribution in [0.2, 0.25) is 0 Å². The van der Waals surface area contributed by atoms with E-state index in [1.165, 1.54) is 0 Å². The lowest BCUT2D eigenvalue weighted by atomic mass is 9.92. The Labute approximate surface area is 159 Å². The van der Waals surface area contributed by atoms with Crippen molar-refractivity contribution in [3.05, 3.63) is 59.7 Å². The van der Waals surface area contributed by atoms with Gasteiger partial charge in [0.2, 0.25) is 5.91 Å². The van der Waals surface area contributed by atoms with Crippen LogP contribution in [0.5, 0.6) is 11.5 Å². The lowest BCUT2D eigenvalue weighted by Gasteiger charge is -2.23. The molecule has 0 saturated heterocycles. The van der Waals surface area contributed by atoms with Crippen molar-refractivity contribution in [2.75, 3.05) is 13.2 Å². The van der Waals surface area contributed by atoms with Crippen LogP contribution in [0.1, 0.15) is 49.3 Å². The van der Waals surface area contributed by atoms with Gasteiger partial charge >= 0.3 is 0 Å². The minimum Gasteiger partial charge on any atom is -0.486 e. The van der Waals surface area contributed by atoms with Gasteiger partial charge in [0.05, 0.1) is 12.1 Å². The van der Waals surface area contributed by atoms with Crippen LogP contribution in [0.4, 0.5) is 0 Å². The summed E-state index contributed by atoms with van der Waals surface area (Å²) in [5, 5.41) is 12.2. The van der Waals surface area contributed by atoms with Gasteiger partial charge in [-0.15, -0.1) is 0 Å². The molecule has 0 spiro atoms. The summed E-state index contributed by atoms with van der Waals surface area (Å²) >= 11 is 0. The highest BCUT2D eigenvalue weighted by molar-refractivity contribution is 5.77. The van der Waals surface area contributed by atoms with E-state index in [9.17, 15) is 4.79 Å². The fraction of sp³-hybridized carbons (Fsp3) is 0.364. The number of nitriles is 1. The monoisotopic (exact) mass is 364 g/mol. The Bertz CT molecular complexity index is 814. The number of nitrogens with zero attached hydrogens (tertiary/aromatic N) is 1. The maximum absolute atomic E-state index is 12.7. The van der Waals surface area contributed by atoms with E-state index in [0.717, 1.165) is 29.0 Å². The number of ether oxygens (including phenoxy) is 2. The number of fused-ring (bicyclic) bond motifs is 1. The first-order chi connectivity index (χ1) is 13.2. The molecule has 1 N–H and O–H groups in total. The van der Waals surface area contributed by atoms with Crippen LogP contribution in [0.15, 0.2) is 48.5 Å². The Morgan fingerprint density at radius 2 is 1.85 bits per heavy atom. The Morgan fingerprint density at radius 3 is 2.56 bits per heavy atom. The highest BCUT2D eigenvalue weighted by Crippen LogP contribution is 2.33. The van der Waals surface area contributed by atoms with Crippen molar-refractivity contribution in [3.8, 4) is 17.6 Å². The fourth-order valence-electron chi connectivity index (χ4n) is 3.32. The van der Waals surface area contributed by atoms with Gasteiger partial charge < -0.3 is 14.8 Å². The van der Waals surface area contributed by atoms with Crippen molar-refractivity contribution >= 4 is 5.91 Å². The molecule has 1 aliphatic rings. The Morgan fingerprint density at radius 1 is 1.11 bits per heavy atom. The molecule has 2 aromatic rings. The molecule has 27 heavy (non-hydrogen) atoms. The van der Waals surface area contributed by atoms with Crippen LogP contribution < -0.4 is 14.8 Å². The number of carbonyl (C=O) groups excluding carboxylic acids is 1. The minimum absolute atomic E-state index is 0.0548. The van der Waals surface area contributed by atoms with Gasteiger partial charge in [0.25, 0.3) is 0 Å². The Kier molecular flexibility index (Phi) is 6.32. The van der Waals surface area contributed by atoms with Crippen LogP contribution in [0.25, 0.3) is 0 Å². The molecule has 1 aliphatic heterocycles. The zero-order valence-electron chi connectivity index (χ0n) is 15.5. The quantitative estimate of drug-likeness (QED) is 0.802. The van der Waals surface area contributed by atoms with Crippen molar-refractivity contribution < 1.29 is 14.3 Å². The zero-order valence-corrected chi connectivity index (χ0v) is 15.5. The second-order valence-corrected chi connectivity index (χ2v) is 6.61. The van der Waals surface area contributed by atoms with Crippen LogP contribution >= 0.6 is 0 Å². The molecule has 3 rings (SSSR count).